The molecule has 108 valence electrons. The van der Waals surface area contributed by atoms with Crippen LogP contribution in [0, 0.1) is 0 Å². The molecular weight excluding hydrogens is 330 g/mol. The van der Waals surface area contributed by atoms with Gasteiger partial charge < -0.3 is 10.1 Å². The van der Waals surface area contributed by atoms with Gasteiger partial charge in [-0.3, -0.25) is 4.79 Å². The summed E-state index contributed by atoms with van der Waals surface area (Å²) in [7, 11) is 0. The summed E-state index contributed by atoms with van der Waals surface area (Å²) in [5.41, 5.74) is 3.45. The van der Waals surface area contributed by atoms with Gasteiger partial charge in [-0.05, 0) is 23.6 Å². The Labute approximate surface area is 132 Å². The Bertz CT molecular complexity index is 657. The second kappa shape index (κ2) is 6.41. The van der Waals surface area contributed by atoms with Crippen molar-refractivity contribution in [1.82, 2.24) is 5.32 Å². The third-order valence-electron chi connectivity index (χ3n) is 3.69. The topological polar surface area (TPSA) is 38.3 Å². The van der Waals surface area contributed by atoms with E-state index in [1.54, 1.807) is 0 Å². The maximum absolute atomic E-state index is 12.2. The first-order chi connectivity index (χ1) is 10.2. The van der Waals surface area contributed by atoms with Crippen LogP contribution in [0.4, 0.5) is 0 Å². The summed E-state index contributed by atoms with van der Waals surface area (Å²) in [6.45, 7) is 1.01. The molecule has 0 aliphatic carbocycles. The van der Waals surface area contributed by atoms with E-state index < -0.39 is 0 Å². The van der Waals surface area contributed by atoms with Crippen molar-refractivity contribution >= 4 is 21.9 Å². The Balaban J connectivity index is 1.61. The molecule has 3 nitrogen and oxygen atoms in total. The Morgan fingerprint density at radius 2 is 1.86 bits per heavy atom. The minimum atomic E-state index is -0.262. The molecule has 0 amide bonds. The van der Waals surface area contributed by atoms with Crippen LogP contribution < -0.4 is 5.32 Å². The van der Waals surface area contributed by atoms with E-state index in [4.69, 9.17) is 4.74 Å². The number of carbonyl (C=O) groups is 1. The standard InChI is InChI=1S/C17H16BrNO2/c18-15-8-4-3-7-14(15)11-21-17(20)16-9-12-5-1-2-6-13(12)10-19-16/h1-8,16,19H,9-11H2. The van der Waals surface area contributed by atoms with Crippen LogP contribution in [0.1, 0.15) is 16.7 Å². The van der Waals surface area contributed by atoms with Gasteiger partial charge in [-0.15, -0.1) is 0 Å². The second-order valence-corrected chi connectivity index (χ2v) is 5.96. The lowest BCUT2D eigenvalue weighted by Crippen LogP contribution is -2.42. The molecule has 0 aromatic heterocycles. The largest absolute Gasteiger partial charge is 0.460 e. The zero-order valence-corrected chi connectivity index (χ0v) is 13.1. The van der Waals surface area contributed by atoms with E-state index in [1.165, 1.54) is 11.1 Å². The summed E-state index contributed by atoms with van der Waals surface area (Å²) in [6, 6.07) is 15.7. The maximum Gasteiger partial charge on any atom is 0.323 e. The van der Waals surface area contributed by atoms with E-state index in [-0.39, 0.29) is 12.0 Å². The third-order valence-corrected chi connectivity index (χ3v) is 4.47. The average Bonchev–Trinajstić information content (AvgIpc) is 2.53. The van der Waals surface area contributed by atoms with Gasteiger partial charge in [-0.25, -0.2) is 0 Å². The van der Waals surface area contributed by atoms with Crippen LogP contribution in [-0.4, -0.2) is 12.0 Å². The number of carbonyl (C=O) groups excluding carboxylic acids is 1. The van der Waals surface area contributed by atoms with Crippen molar-refractivity contribution in [2.45, 2.75) is 25.6 Å². The predicted molar refractivity (Wildman–Crippen MR) is 84.7 cm³/mol. The fourth-order valence-corrected chi connectivity index (χ4v) is 2.89. The molecule has 0 saturated heterocycles. The van der Waals surface area contributed by atoms with E-state index in [2.05, 4.69) is 33.4 Å². The summed E-state index contributed by atoms with van der Waals surface area (Å²) >= 11 is 3.46. The van der Waals surface area contributed by atoms with Crippen molar-refractivity contribution in [3.63, 3.8) is 0 Å². The molecule has 0 fully saturated rings. The molecule has 0 bridgehead atoms. The van der Waals surface area contributed by atoms with E-state index >= 15 is 0 Å². The summed E-state index contributed by atoms with van der Waals surface area (Å²) in [4.78, 5) is 12.2. The smallest absolute Gasteiger partial charge is 0.323 e. The maximum atomic E-state index is 12.2. The Kier molecular flexibility index (Phi) is 4.36. The van der Waals surface area contributed by atoms with Gasteiger partial charge in [0.05, 0.1) is 0 Å². The predicted octanol–water partition coefficient (Wildman–Crippen LogP) is 3.21. The first-order valence-corrected chi connectivity index (χ1v) is 7.73. The number of fused-ring (bicyclic) bond motifs is 1. The van der Waals surface area contributed by atoms with Crippen molar-refractivity contribution in [3.8, 4) is 0 Å². The van der Waals surface area contributed by atoms with Crippen molar-refractivity contribution < 1.29 is 9.53 Å². The molecule has 2 aromatic rings. The molecule has 0 saturated carbocycles. The lowest BCUT2D eigenvalue weighted by atomic mass is 9.96. The number of ether oxygens (including phenoxy) is 1. The molecule has 1 aliphatic rings. The average molecular weight is 346 g/mol. The highest BCUT2D eigenvalue weighted by Crippen LogP contribution is 2.19. The highest BCUT2D eigenvalue weighted by Gasteiger charge is 2.25. The number of benzene rings is 2. The lowest BCUT2D eigenvalue weighted by molar-refractivity contribution is -0.147. The molecular formula is C17H16BrNO2. The summed E-state index contributed by atoms with van der Waals surface area (Å²) in [5.74, 6) is -0.194. The van der Waals surface area contributed by atoms with Gasteiger partial charge in [0.25, 0.3) is 0 Å². The number of rotatable bonds is 3. The molecule has 1 heterocycles. The molecule has 2 aromatic carbocycles. The van der Waals surface area contributed by atoms with Gasteiger partial charge in [-0.2, -0.15) is 0 Å². The molecule has 1 N–H and O–H groups in total. The zero-order chi connectivity index (χ0) is 14.7. The number of hydrogen-bond donors (Lipinski definition) is 1. The van der Waals surface area contributed by atoms with Crippen LogP contribution in [0.2, 0.25) is 0 Å². The molecule has 4 heteroatoms. The normalized spacial score (nSPS) is 17.1. The van der Waals surface area contributed by atoms with E-state index in [0.717, 1.165) is 10.0 Å². The Morgan fingerprint density at radius 1 is 1.14 bits per heavy atom. The summed E-state index contributed by atoms with van der Waals surface area (Å²) < 4.78 is 6.39. The van der Waals surface area contributed by atoms with Crippen LogP contribution >= 0.6 is 15.9 Å². The van der Waals surface area contributed by atoms with Gasteiger partial charge in [-0.1, -0.05) is 58.4 Å². The fourth-order valence-electron chi connectivity index (χ4n) is 2.49. The summed E-state index contributed by atoms with van der Waals surface area (Å²) in [6.07, 6.45) is 0.685. The highest BCUT2D eigenvalue weighted by atomic mass is 79.9. The van der Waals surface area contributed by atoms with Crippen molar-refractivity contribution in [3.05, 3.63) is 69.7 Å². The van der Waals surface area contributed by atoms with Gasteiger partial charge >= 0.3 is 5.97 Å². The molecule has 1 unspecified atom stereocenters. The van der Waals surface area contributed by atoms with E-state index in [9.17, 15) is 4.79 Å². The lowest BCUT2D eigenvalue weighted by Gasteiger charge is -2.24. The molecule has 0 spiro atoms. The van der Waals surface area contributed by atoms with Crippen molar-refractivity contribution in [1.29, 1.82) is 0 Å². The molecule has 3 rings (SSSR count). The van der Waals surface area contributed by atoms with E-state index in [1.807, 2.05) is 36.4 Å². The zero-order valence-electron chi connectivity index (χ0n) is 11.5. The van der Waals surface area contributed by atoms with Gasteiger partial charge in [0.1, 0.15) is 12.6 Å². The Morgan fingerprint density at radius 3 is 2.67 bits per heavy atom. The molecule has 1 aliphatic heterocycles. The molecule has 21 heavy (non-hydrogen) atoms. The first-order valence-electron chi connectivity index (χ1n) is 6.94. The van der Waals surface area contributed by atoms with Crippen molar-refractivity contribution in [2.24, 2.45) is 0 Å². The third kappa shape index (κ3) is 3.34. The second-order valence-electron chi connectivity index (χ2n) is 5.11. The number of nitrogens with one attached hydrogen (secondary N) is 1. The van der Waals surface area contributed by atoms with Gasteiger partial charge in [0.2, 0.25) is 0 Å². The van der Waals surface area contributed by atoms with E-state index in [0.29, 0.717) is 19.6 Å². The highest BCUT2D eigenvalue weighted by molar-refractivity contribution is 9.10. The monoisotopic (exact) mass is 345 g/mol. The number of esters is 1. The summed E-state index contributed by atoms with van der Waals surface area (Å²) in [5, 5.41) is 3.24. The van der Waals surface area contributed by atoms with Crippen LogP contribution in [0.5, 0.6) is 0 Å². The molecule has 1 atom stereocenters. The van der Waals surface area contributed by atoms with Crippen LogP contribution in [0.25, 0.3) is 0 Å². The first kappa shape index (κ1) is 14.3. The minimum Gasteiger partial charge on any atom is -0.460 e. The number of halogens is 1. The van der Waals surface area contributed by atoms with Gasteiger partial charge in [0.15, 0.2) is 0 Å². The van der Waals surface area contributed by atoms with Crippen LogP contribution in [-0.2, 0) is 29.1 Å². The minimum absolute atomic E-state index is 0.194. The van der Waals surface area contributed by atoms with Crippen LogP contribution in [0.15, 0.2) is 53.0 Å². The Hall–Kier alpha value is -1.65. The van der Waals surface area contributed by atoms with Gasteiger partial charge in [0, 0.05) is 16.6 Å². The fraction of sp³-hybridized carbons (Fsp3) is 0.235. The van der Waals surface area contributed by atoms with Crippen molar-refractivity contribution in [2.75, 3.05) is 0 Å². The number of hydrogen-bond acceptors (Lipinski definition) is 3. The SMILES string of the molecule is O=C(OCc1ccccc1Br)C1Cc2ccccc2CN1. The van der Waals surface area contributed by atoms with Crippen LogP contribution in [0.3, 0.4) is 0 Å². The molecule has 0 radical (unpaired) electrons. The quantitative estimate of drug-likeness (QED) is 0.868.